The summed E-state index contributed by atoms with van der Waals surface area (Å²) in [5.74, 6) is -0.917. The molecule has 1 amide bonds. The molecule has 0 spiro atoms. The number of carbonyl (C=O) groups excluding carboxylic acids is 1. The number of aliphatic hydroxyl groups is 1. The maximum atomic E-state index is 14.6. The molecule has 2 aromatic carbocycles. The van der Waals surface area contributed by atoms with Gasteiger partial charge in [-0.25, -0.2) is 4.39 Å². The highest BCUT2D eigenvalue weighted by Gasteiger charge is 2.43. The second-order valence-electron chi connectivity index (χ2n) is 6.63. The number of rotatable bonds is 4. The van der Waals surface area contributed by atoms with Crippen LogP contribution in [-0.2, 0) is 0 Å². The molecule has 4 rings (SSSR count). The van der Waals surface area contributed by atoms with Crippen molar-refractivity contribution in [1.82, 2.24) is 15.1 Å². The Kier molecular flexibility index (Phi) is 4.56. The van der Waals surface area contributed by atoms with Crippen molar-refractivity contribution >= 4 is 17.5 Å². The third kappa shape index (κ3) is 2.75. The van der Waals surface area contributed by atoms with Crippen LogP contribution in [0.2, 0.25) is 5.02 Å². The van der Waals surface area contributed by atoms with E-state index in [-0.39, 0.29) is 30.2 Å². The highest BCUT2D eigenvalue weighted by atomic mass is 35.5. The molecular formula is C20H17ClFN3O3. The first-order valence-corrected chi connectivity index (χ1v) is 9.05. The number of fused-ring (bicyclic) bond motifs is 1. The van der Waals surface area contributed by atoms with E-state index in [2.05, 4.69) is 10.2 Å². The molecule has 1 aliphatic heterocycles. The van der Waals surface area contributed by atoms with Gasteiger partial charge in [0.1, 0.15) is 23.0 Å². The number of aliphatic hydroxyl groups excluding tert-OH is 1. The van der Waals surface area contributed by atoms with Crippen LogP contribution in [0.3, 0.4) is 0 Å². The Morgan fingerprint density at radius 2 is 2.07 bits per heavy atom. The molecule has 1 aromatic heterocycles. The molecule has 1 atom stereocenters. The molecule has 1 unspecified atom stereocenters. The number of hydrogen-bond donors (Lipinski definition) is 3. The number of hydrogen-bond acceptors (Lipinski definition) is 4. The van der Waals surface area contributed by atoms with Crippen LogP contribution < -0.4 is 0 Å². The zero-order valence-electron chi connectivity index (χ0n) is 14.9. The predicted molar refractivity (Wildman–Crippen MR) is 102 cm³/mol. The molecular weight excluding hydrogens is 385 g/mol. The van der Waals surface area contributed by atoms with E-state index >= 15 is 0 Å². The Morgan fingerprint density at radius 3 is 2.79 bits per heavy atom. The van der Waals surface area contributed by atoms with E-state index in [4.69, 9.17) is 11.6 Å². The van der Waals surface area contributed by atoms with Gasteiger partial charge in [-0.2, -0.15) is 5.10 Å². The number of phenols is 1. The van der Waals surface area contributed by atoms with Gasteiger partial charge in [0.15, 0.2) is 0 Å². The fraction of sp³-hybridized carbons (Fsp3) is 0.200. The molecule has 0 fully saturated rings. The minimum absolute atomic E-state index is 0.0282. The van der Waals surface area contributed by atoms with Gasteiger partial charge in [0.2, 0.25) is 0 Å². The highest BCUT2D eigenvalue weighted by Crippen LogP contribution is 2.45. The molecule has 0 bridgehead atoms. The number of aromatic nitrogens is 2. The number of aryl methyl sites for hydroxylation is 1. The topological polar surface area (TPSA) is 89.5 Å². The zero-order chi connectivity index (χ0) is 20.0. The first kappa shape index (κ1) is 18.5. The minimum atomic E-state index is -0.788. The van der Waals surface area contributed by atoms with Gasteiger partial charge in [0.25, 0.3) is 5.91 Å². The zero-order valence-corrected chi connectivity index (χ0v) is 15.7. The number of phenolic OH excluding ortho intramolecular Hbond substituents is 1. The lowest BCUT2D eigenvalue weighted by atomic mass is 9.95. The van der Waals surface area contributed by atoms with E-state index in [9.17, 15) is 19.4 Å². The van der Waals surface area contributed by atoms with Crippen molar-refractivity contribution in [2.75, 3.05) is 13.2 Å². The number of aromatic amines is 1. The van der Waals surface area contributed by atoms with E-state index in [0.717, 1.165) is 0 Å². The van der Waals surface area contributed by atoms with Crippen LogP contribution >= 0.6 is 11.6 Å². The van der Waals surface area contributed by atoms with Gasteiger partial charge in [-0.1, -0.05) is 29.8 Å². The number of carbonyl (C=O) groups is 1. The van der Waals surface area contributed by atoms with Crippen molar-refractivity contribution in [1.29, 1.82) is 0 Å². The molecule has 0 saturated heterocycles. The molecule has 3 N–H and O–H groups in total. The Balaban J connectivity index is 1.96. The van der Waals surface area contributed by atoms with Crippen LogP contribution in [0.1, 0.15) is 33.2 Å². The van der Waals surface area contributed by atoms with Crippen molar-refractivity contribution in [3.8, 4) is 17.0 Å². The van der Waals surface area contributed by atoms with Gasteiger partial charge in [0.05, 0.1) is 12.6 Å². The first-order valence-electron chi connectivity index (χ1n) is 8.68. The normalized spacial score (nSPS) is 15.9. The van der Waals surface area contributed by atoms with E-state index in [0.29, 0.717) is 27.4 Å². The Bertz CT molecular complexity index is 1080. The fourth-order valence-electron chi connectivity index (χ4n) is 3.62. The number of H-pyrrole nitrogens is 1. The second kappa shape index (κ2) is 6.92. The number of aromatic hydroxyl groups is 1. The minimum Gasteiger partial charge on any atom is -0.507 e. The summed E-state index contributed by atoms with van der Waals surface area (Å²) in [6, 6.07) is 8.44. The third-order valence-corrected chi connectivity index (χ3v) is 5.34. The number of nitrogens with zero attached hydrogens (tertiary/aromatic N) is 2. The van der Waals surface area contributed by atoms with E-state index in [1.165, 1.54) is 17.0 Å². The van der Waals surface area contributed by atoms with Gasteiger partial charge < -0.3 is 15.1 Å². The van der Waals surface area contributed by atoms with Crippen molar-refractivity contribution in [2.45, 2.75) is 13.0 Å². The second-order valence-corrected chi connectivity index (χ2v) is 7.03. The quantitative estimate of drug-likeness (QED) is 0.625. The lowest BCUT2D eigenvalue weighted by Crippen LogP contribution is -2.32. The van der Waals surface area contributed by atoms with Gasteiger partial charge in [-0.3, -0.25) is 9.89 Å². The number of amides is 1. The number of β-amino-alcohol motifs (C(OH)–C–C–N with tert-alkyl or cyclic N) is 1. The highest BCUT2D eigenvalue weighted by molar-refractivity contribution is 6.31. The fourth-order valence-corrected chi connectivity index (χ4v) is 3.78. The van der Waals surface area contributed by atoms with E-state index < -0.39 is 17.8 Å². The summed E-state index contributed by atoms with van der Waals surface area (Å²) in [7, 11) is 0. The Hall–Kier alpha value is -2.90. The molecule has 0 saturated carbocycles. The summed E-state index contributed by atoms with van der Waals surface area (Å²) in [4.78, 5) is 14.3. The Morgan fingerprint density at radius 1 is 1.32 bits per heavy atom. The molecule has 8 heteroatoms. The van der Waals surface area contributed by atoms with Gasteiger partial charge in [-0.15, -0.1) is 0 Å². The molecule has 0 radical (unpaired) electrons. The van der Waals surface area contributed by atoms with Crippen molar-refractivity contribution < 1.29 is 19.4 Å². The number of halogens is 2. The molecule has 0 aliphatic carbocycles. The summed E-state index contributed by atoms with van der Waals surface area (Å²) in [6.45, 7) is 1.52. The van der Waals surface area contributed by atoms with Crippen LogP contribution in [0.4, 0.5) is 4.39 Å². The van der Waals surface area contributed by atoms with Gasteiger partial charge in [0, 0.05) is 28.3 Å². The van der Waals surface area contributed by atoms with Crippen molar-refractivity contribution in [3.63, 3.8) is 0 Å². The van der Waals surface area contributed by atoms with Crippen LogP contribution in [-0.4, -0.2) is 44.4 Å². The van der Waals surface area contributed by atoms with Crippen LogP contribution in [0, 0.1) is 12.7 Å². The molecule has 2 heterocycles. The lowest BCUT2D eigenvalue weighted by molar-refractivity contribution is 0.0704. The van der Waals surface area contributed by atoms with Crippen LogP contribution in [0.15, 0.2) is 36.4 Å². The SMILES string of the molecule is Cc1cc(O)c(-c2n[nH]c3c2C(c2ccccc2F)N(CCO)C3=O)cc1Cl. The summed E-state index contributed by atoms with van der Waals surface area (Å²) < 4.78 is 14.6. The number of benzene rings is 2. The Labute approximate surface area is 165 Å². The number of nitrogens with one attached hydrogen (secondary N) is 1. The summed E-state index contributed by atoms with van der Waals surface area (Å²) in [6.07, 6.45) is 0. The van der Waals surface area contributed by atoms with Crippen LogP contribution in [0.25, 0.3) is 11.3 Å². The summed E-state index contributed by atoms with van der Waals surface area (Å²) >= 11 is 6.22. The van der Waals surface area contributed by atoms with E-state index in [1.54, 1.807) is 31.2 Å². The van der Waals surface area contributed by atoms with Gasteiger partial charge >= 0.3 is 0 Å². The first-order chi connectivity index (χ1) is 13.4. The monoisotopic (exact) mass is 401 g/mol. The summed E-state index contributed by atoms with van der Waals surface area (Å²) in [5, 5.41) is 27.2. The average molecular weight is 402 g/mol. The molecule has 6 nitrogen and oxygen atoms in total. The van der Waals surface area contributed by atoms with Gasteiger partial charge in [-0.05, 0) is 30.7 Å². The molecule has 144 valence electrons. The summed E-state index contributed by atoms with van der Waals surface area (Å²) in [5.41, 5.74) is 2.28. The average Bonchev–Trinajstić information content (AvgIpc) is 3.19. The van der Waals surface area contributed by atoms with Crippen LogP contribution in [0.5, 0.6) is 5.75 Å². The molecule has 1 aliphatic rings. The third-order valence-electron chi connectivity index (χ3n) is 4.94. The predicted octanol–water partition coefficient (Wildman–Crippen LogP) is 3.42. The largest absolute Gasteiger partial charge is 0.507 e. The lowest BCUT2D eigenvalue weighted by Gasteiger charge is -2.26. The maximum Gasteiger partial charge on any atom is 0.273 e. The maximum absolute atomic E-state index is 14.6. The molecule has 3 aromatic rings. The smallest absolute Gasteiger partial charge is 0.273 e. The van der Waals surface area contributed by atoms with E-state index in [1.807, 2.05) is 0 Å². The van der Waals surface area contributed by atoms with Crippen molar-refractivity contribution in [2.24, 2.45) is 0 Å². The molecule has 28 heavy (non-hydrogen) atoms. The van der Waals surface area contributed by atoms with Crippen molar-refractivity contribution in [3.05, 3.63) is 69.6 Å². The standard InChI is InChI=1S/C20H17ClFN3O3/c1-10-8-15(27)12(9-13(10)21)17-16-18(24-23-17)20(28)25(6-7-26)19(16)11-4-2-3-5-14(11)22/h2-5,8-9,19,26-27H,6-7H2,1H3,(H,23,24).